The second kappa shape index (κ2) is 6.89. The van der Waals surface area contributed by atoms with Crippen LogP contribution in [0.5, 0.6) is 0 Å². The molecule has 0 radical (unpaired) electrons. The van der Waals surface area contributed by atoms with Gasteiger partial charge in [-0.1, -0.05) is 48.5 Å². The number of aromatic nitrogens is 2. The normalized spacial score (nSPS) is 13.1. The summed E-state index contributed by atoms with van der Waals surface area (Å²) in [5, 5.41) is 11.3. The Morgan fingerprint density at radius 1 is 0.760 bits per heavy atom. The number of hydrogen-bond acceptors (Lipinski definition) is 2. The average molecular weight is 328 g/mol. The molecule has 0 fully saturated rings. The van der Waals surface area contributed by atoms with Crippen molar-refractivity contribution in [2.45, 2.75) is 25.7 Å². The maximum Gasteiger partial charge on any atom is 0.264 e. The van der Waals surface area contributed by atoms with Crippen LogP contribution in [0.15, 0.2) is 71.7 Å². The van der Waals surface area contributed by atoms with Crippen LogP contribution in [0.4, 0.5) is 0 Å². The molecule has 0 unspecified atom stereocenters. The number of H-pyrrole nitrogens is 1. The van der Waals surface area contributed by atoms with Crippen molar-refractivity contribution in [2.75, 3.05) is 0 Å². The molecule has 1 aromatic heterocycles. The first-order chi connectivity index (χ1) is 12.3. The topological polar surface area (TPSA) is 45.8 Å². The van der Waals surface area contributed by atoms with Gasteiger partial charge >= 0.3 is 0 Å². The van der Waals surface area contributed by atoms with E-state index < -0.39 is 0 Å². The molecule has 124 valence electrons. The Morgan fingerprint density at radius 2 is 1.60 bits per heavy atom. The molecule has 1 heterocycles. The zero-order valence-corrected chi connectivity index (χ0v) is 14.0. The van der Waals surface area contributed by atoms with E-state index in [-0.39, 0.29) is 5.56 Å². The van der Waals surface area contributed by atoms with Gasteiger partial charge in [0.2, 0.25) is 0 Å². The Hall–Kier alpha value is -2.94. The molecular weight excluding hydrogens is 308 g/mol. The quantitative estimate of drug-likeness (QED) is 0.478. The highest BCUT2D eigenvalue weighted by atomic mass is 16.1. The Bertz CT molecular complexity index is 1060. The summed E-state index contributed by atoms with van der Waals surface area (Å²) in [6.45, 7) is 0. The first kappa shape index (κ1) is 15.6. The van der Waals surface area contributed by atoms with Gasteiger partial charge < -0.3 is 0 Å². The number of aryl methyl sites for hydroxylation is 2. The lowest BCUT2D eigenvalue weighted by molar-refractivity contribution is 0.690. The number of nitrogens with one attached hydrogen (secondary N) is 1. The Labute approximate surface area is 146 Å². The van der Waals surface area contributed by atoms with Crippen molar-refractivity contribution in [3.05, 3.63) is 88.3 Å². The molecule has 0 saturated carbocycles. The summed E-state index contributed by atoms with van der Waals surface area (Å²) in [6.07, 6.45) is 6.73. The van der Waals surface area contributed by atoms with Crippen LogP contribution >= 0.6 is 0 Å². The third kappa shape index (κ3) is 3.18. The number of nitrogens with zero attached hydrogens (tertiary/aromatic N) is 1. The molecule has 3 aromatic carbocycles. The summed E-state index contributed by atoms with van der Waals surface area (Å²) in [7, 11) is 0. The highest BCUT2D eigenvalue weighted by Gasteiger charge is 2.13. The fourth-order valence-electron chi connectivity index (χ4n) is 3.65. The zero-order valence-electron chi connectivity index (χ0n) is 14.0. The van der Waals surface area contributed by atoms with Gasteiger partial charge in [0.15, 0.2) is 0 Å². The molecule has 0 aliphatic heterocycles. The maximum absolute atomic E-state index is 10.2. The van der Waals surface area contributed by atoms with Crippen LogP contribution in [0.1, 0.15) is 24.0 Å². The van der Waals surface area contributed by atoms with Crippen molar-refractivity contribution in [2.24, 2.45) is 0 Å². The predicted molar refractivity (Wildman–Crippen MR) is 103 cm³/mol. The first-order valence-corrected chi connectivity index (χ1v) is 8.75. The lowest BCUT2D eigenvalue weighted by Gasteiger charge is -2.18. The number of rotatable bonds is 0. The molecule has 0 amide bonds. The molecule has 1 aliphatic rings. The van der Waals surface area contributed by atoms with Crippen molar-refractivity contribution >= 4 is 21.5 Å². The van der Waals surface area contributed by atoms with Crippen molar-refractivity contribution in [3.63, 3.8) is 0 Å². The van der Waals surface area contributed by atoms with Gasteiger partial charge in [-0.3, -0.25) is 4.79 Å². The van der Waals surface area contributed by atoms with Crippen LogP contribution in [0.2, 0.25) is 0 Å². The standard InChI is InChI=1S/C18H16.C4H4N2O/c1-3-7-15-13(5-1)9-11-18-16-8-4-2-6-14(16)10-12-17(15)18;7-4-2-1-3-5-6-4/h1,3,5,7,9-12H,2,4,6,8H2;1-3H,(H,6,7). The molecule has 0 atom stereocenters. The smallest absolute Gasteiger partial charge is 0.264 e. The Kier molecular flexibility index (Phi) is 4.30. The van der Waals surface area contributed by atoms with Gasteiger partial charge in [0.25, 0.3) is 5.56 Å². The van der Waals surface area contributed by atoms with Crippen molar-refractivity contribution in [3.8, 4) is 0 Å². The fourth-order valence-corrected chi connectivity index (χ4v) is 3.65. The number of fused-ring (bicyclic) bond motifs is 5. The highest BCUT2D eigenvalue weighted by molar-refractivity contribution is 6.08. The number of hydrogen-bond donors (Lipinski definition) is 1. The summed E-state index contributed by atoms with van der Waals surface area (Å²) in [6, 6.07) is 21.0. The summed E-state index contributed by atoms with van der Waals surface area (Å²) < 4.78 is 0. The third-order valence-corrected chi connectivity index (χ3v) is 4.84. The lowest BCUT2D eigenvalue weighted by atomic mass is 9.86. The Balaban J connectivity index is 0.000000190. The molecule has 3 heteroatoms. The first-order valence-electron chi connectivity index (χ1n) is 8.75. The van der Waals surface area contributed by atoms with Gasteiger partial charge in [0.05, 0.1) is 0 Å². The second-order valence-corrected chi connectivity index (χ2v) is 6.41. The van der Waals surface area contributed by atoms with E-state index in [1.807, 2.05) is 0 Å². The van der Waals surface area contributed by atoms with E-state index >= 15 is 0 Å². The van der Waals surface area contributed by atoms with E-state index in [1.165, 1.54) is 59.5 Å². The SMILES string of the molecule is O=c1cccn[nH]1.c1ccc2c(c1)ccc1c3c(ccc12)CCCC3. The van der Waals surface area contributed by atoms with E-state index in [1.54, 1.807) is 17.2 Å². The summed E-state index contributed by atoms with van der Waals surface area (Å²) in [4.78, 5) is 10.2. The van der Waals surface area contributed by atoms with Gasteiger partial charge in [-0.05, 0) is 64.4 Å². The van der Waals surface area contributed by atoms with Crippen LogP contribution in [0, 0.1) is 0 Å². The summed E-state index contributed by atoms with van der Waals surface area (Å²) in [5.41, 5.74) is 3.01. The largest absolute Gasteiger partial charge is 0.268 e. The van der Waals surface area contributed by atoms with Gasteiger partial charge in [-0.25, -0.2) is 5.10 Å². The van der Waals surface area contributed by atoms with Crippen LogP contribution in [0.3, 0.4) is 0 Å². The zero-order chi connectivity index (χ0) is 17.1. The van der Waals surface area contributed by atoms with E-state index in [0.29, 0.717) is 0 Å². The summed E-state index contributed by atoms with van der Waals surface area (Å²) in [5.74, 6) is 0. The van der Waals surface area contributed by atoms with Gasteiger partial charge in [-0.2, -0.15) is 5.10 Å². The molecule has 1 aliphatic carbocycles. The summed E-state index contributed by atoms with van der Waals surface area (Å²) >= 11 is 0. The van der Waals surface area contributed by atoms with Crippen LogP contribution in [0.25, 0.3) is 21.5 Å². The fraction of sp³-hybridized carbons (Fsp3) is 0.182. The monoisotopic (exact) mass is 328 g/mol. The molecule has 0 bridgehead atoms. The van der Waals surface area contributed by atoms with E-state index in [2.05, 4.69) is 58.7 Å². The average Bonchev–Trinajstić information content (AvgIpc) is 2.68. The van der Waals surface area contributed by atoms with E-state index in [4.69, 9.17) is 0 Å². The van der Waals surface area contributed by atoms with Crippen molar-refractivity contribution < 1.29 is 0 Å². The molecule has 0 saturated heterocycles. The van der Waals surface area contributed by atoms with Crippen molar-refractivity contribution in [1.29, 1.82) is 0 Å². The van der Waals surface area contributed by atoms with Gasteiger partial charge in [0.1, 0.15) is 0 Å². The molecule has 1 N–H and O–H groups in total. The predicted octanol–water partition coefficient (Wildman–Crippen LogP) is 4.64. The molecule has 3 nitrogen and oxygen atoms in total. The third-order valence-electron chi connectivity index (χ3n) is 4.84. The van der Waals surface area contributed by atoms with Crippen LogP contribution < -0.4 is 5.56 Å². The second-order valence-electron chi connectivity index (χ2n) is 6.41. The Morgan fingerprint density at radius 3 is 2.40 bits per heavy atom. The molecule has 5 rings (SSSR count). The number of aromatic amines is 1. The van der Waals surface area contributed by atoms with Gasteiger partial charge in [-0.15, -0.1) is 0 Å². The van der Waals surface area contributed by atoms with Gasteiger partial charge in [0, 0.05) is 12.3 Å². The minimum Gasteiger partial charge on any atom is -0.268 e. The highest BCUT2D eigenvalue weighted by Crippen LogP contribution is 2.33. The van der Waals surface area contributed by atoms with Crippen LogP contribution in [-0.4, -0.2) is 10.2 Å². The minimum absolute atomic E-state index is 0.164. The number of benzene rings is 3. The lowest BCUT2D eigenvalue weighted by Crippen LogP contribution is -2.02. The minimum atomic E-state index is -0.164. The molecular formula is C22H20N2O. The molecule has 0 spiro atoms. The van der Waals surface area contributed by atoms with Crippen molar-refractivity contribution in [1.82, 2.24) is 10.2 Å². The van der Waals surface area contributed by atoms with Crippen LogP contribution in [-0.2, 0) is 12.8 Å². The molecule has 4 aromatic rings. The maximum atomic E-state index is 10.2. The van der Waals surface area contributed by atoms with E-state index in [9.17, 15) is 4.79 Å². The molecule has 25 heavy (non-hydrogen) atoms. The van der Waals surface area contributed by atoms with E-state index in [0.717, 1.165) is 0 Å².